The Morgan fingerprint density at radius 3 is 2.69 bits per heavy atom. The summed E-state index contributed by atoms with van der Waals surface area (Å²) in [5.74, 6) is 2.21. The van der Waals surface area contributed by atoms with E-state index in [-0.39, 0.29) is 11.5 Å². The van der Waals surface area contributed by atoms with Gasteiger partial charge in [-0.25, -0.2) is 0 Å². The van der Waals surface area contributed by atoms with Gasteiger partial charge in [-0.15, -0.1) is 0 Å². The molecule has 0 amide bonds. The molecule has 0 aromatic rings. The number of fused-ring (bicyclic) bond motifs is 4. The quantitative estimate of drug-likeness (QED) is 0.454. The number of ketones is 1. The molecule has 1 saturated heterocycles. The Morgan fingerprint density at radius 2 is 2.00 bits per heavy atom. The van der Waals surface area contributed by atoms with Crippen molar-refractivity contribution in [1.29, 1.82) is 0 Å². The molecule has 2 heteroatoms. The molecule has 1 heterocycles. The molecule has 2 unspecified atom stereocenters. The van der Waals surface area contributed by atoms with Gasteiger partial charge in [0, 0.05) is 11.8 Å². The molecule has 2 spiro atoms. The van der Waals surface area contributed by atoms with Crippen LogP contribution >= 0.6 is 0 Å². The Kier molecular flexibility index (Phi) is 1.07. The van der Waals surface area contributed by atoms with Gasteiger partial charge < -0.3 is 4.74 Å². The van der Waals surface area contributed by atoms with E-state index in [1.165, 1.54) is 12.8 Å². The highest BCUT2D eigenvalue weighted by atomic mass is 16.6. The monoisotopic (exact) mass is 214 g/mol. The number of carbonyl (C=O) groups is 1. The van der Waals surface area contributed by atoms with Gasteiger partial charge in [0.05, 0.1) is 6.61 Å². The normalized spacial score (nSPS) is 57.4. The van der Waals surface area contributed by atoms with Crippen molar-refractivity contribution in [2.45, 2.75) is 18.4 Å². The van der Waals surface area contributed by atoms with E-state index < -0.39 is 0 Å². The summed E-state index contributed by atoms with van der Waals surface area (Å²) in [6.45, 7) is 0.838. The van der Waals surface area contributed by atoms with Crippen LogP contribution in [0.2, 0.25) is 0 Å². The van der Waals surface area contributed by atoms with E-state index in [0.717, 1.165) is 6.61 Å². The first-order chi connectivity index (χ1) is 7.77. The van der Waals surface area contributed by atoms with Crippen LogP contribution in [0.4, 0.5) is 0 Å². The number of hydrogen-bond acceptors (Lipinski definition) is 2. The van der Waals surface area contributed by atoms with Crippen molar-refractivity contribution >= 4 is 5.78 Å². The smallest absolute Gasteiger partial charge is 0.159 e. The summed E-state index contributed by atoms with van der Waals surface area (Å²) in [7, 11) is 0. The second-order valence-corrected chi connectivity index (χ2v) is 6.20. The molecule has 0 N–H and O–H groups in total. The lowest BCUT2D eigenvalue weighted by atomic mass is 9.70. The van der Waals surface area contributed by atoms with Gasteiger partial charge in [-0.1, -0.05) is 12.2 Å². The van der Waals surface area contributed by atoms with E-state index >= 15 is 0 Å². The van der Waals surface area contributed by atoms with Gasteiger partial charge in [-0.2, -0.15) is 0 Å². The van der Waals surface area contributed by atoms with Crippen molar-refractivity contribution in [2.75, 3.05) is 6.61 Å². The first-order valence-electron chi connectivity index (χ1n) is 6.32. The van der Waals surface area contributed by atoms with Crippen LogP contribution in [0.25, 0.3) is 0 Å². The maximum absolute atomic E-state index is 12.1. The molecule has 16 heavy (non-hydrogen) atoms. The van der Waals surface area contributed by atoms with E-state index in [9.17, 15) is 4.79 Å². The molecular weight excluding hydrogens is 200 g/mol. The Bertz CT molecular complexity index is 465. The largest absolute Gasteiger partial charge is 0.365 e. The topological polar surface area (TPSA) is 29.6 Å². The van der Waals surface area contributed by atoms with E-state index in [1.54, 1.807) is 6.08 Å². The van der Waals surface area contributed by atoms with Crippen molar-refractivity contribution < 1.29 is 9.53 Å². The molecule has 0 aromatic carbocycles. The minimum atomic E-state index is -0.0433. The average molecular weight is 214 g/mol. The maximum atomic E-state index is 12.1. The first kappa shape index (κ1) is 8.24. The fourth-order valence-corrected chi connectivity index (χ4v) is 4.84. The van der Waals surface area contributed by atoms with Crippen LogP contribution in [0, 0.1) is 29.1 Å². The Labute approximate surface area is 94.4 Å². The second kappa shape index (κ2) is 2.08. The Hall–Kier alpha value is -0.890. The number of allylic oxidation sites excluding steroid dienone is 3. The third kappa shape index (κ3) is 0.657. The van der Waals surface area contributed by atoms with Crippen LogP contribution in [0.3, 0.4) is 0 Å². The Morgan fingerprint density at radius 1 is 1.25 bits per heavy atom. The second-order valence-electron chi connectivity index (χ2n) is 6.20. The van der Waals surface area contributed by atoms with Gasteiger partial charge in [0.25, 0.3) is 0 Å². The summed E-state index contributed by atoms with van der Waals surface area (Å²) >= 11 is 0. The van der Waals surface area contributed by atoms with Gasteiger partial charge >= 0.3 is 0 Å². The van der Waals surface area contributed by atoms with Crippen LogP contribution in [-0.4, -0.2) is 18.0 Å². The lowest BCUT2D eigenvalue weighted by Crippen LogP contribution is -2.39. The molecule has 2 saturated carbocycles. The van der Waals surface area contributed by atoms with Gasteiger partial charge in [0.2, 0.25) is 0 Å². The molecule has 5 rings (SSSR count). The van der Waals surface area contributed by atoms with Gasteiger partial charge in [-0.3, -0.25) is 4.79 Å². The highest BCUT2D eigenvalue weighted by Gasteiger charge is 2.74. The van der Waals surface area contributed by atoms with Crippen LogP contribution in [-0.2, 0) is 9.53 Å². The lowest BCUT2D eigenvalue weighted by molar-refractivity contribution is -0.121. The van der Waals surface area contributed by atoms with Crippen molar-refractivity contribution in [1.82, 2.24) is 0 Å². The highest BCUT2D eigenvalue weighted by molar-refractivity contribution is 5.95. The van der Waals surface area contributed by atoms with Crippen LogP contribution < -0.4 is 0 Å². The van der Waals surface area contributed by atoms with Crippen molar-refractivity contribution in [3.63, 3.8) is 0 Å². The standard InChI is InChI=1S/C14H14O2/c15-10-3-4-14(7-16-14)12-9-2-1-8(11(10)12)13(9)5-6-13/h1-4,8-9,11-12H,5-7H2/t8?,9?,11-,12-,14-/m0/s1. The maximum Gasteiger partial charge on any atom is 0.159 e. The average Bonchev–Trinajstić information content (AvgIpc) is 3.16. The molecule has 4 aliphatic carbocycles. The SMILES string of the molecule is O=C1C=C[C@]2(CO2)[C@H]2C3C=CC([C@@H]12)C31CC1. The highest BCUT2D eigenvalue weighted by Crippen LogP contribution is 2.75. The van der Waals surface area contributed by atoms with Crippen molar-refractivity contribution in [3.8, 4) is 0 Å². The van der Waals surface area contributed by atoms with E-state index in [2.05, 4.69) is 12.2 Å². The fourth-order valence-electron chi connectivity index (χ4n) is 4.84. The summed E-state index contributed by atoms with van der Waals surface area (Å²) in [6.07, 6.45) is 11.2. The molecule has 1 aliphatic heterocycles. The molecule has 2 nitrogen and oxygen atoms in total. The zero-order valence-corrected chi connectivity index (χ0v) is 9.06. The summed E-state index contributed by atoms with van der Waals surface area (Å²) in [5.41, 5.74) is 0.439. The minimum Gasteiger partial charge on any atom is -0.365 e. The molecule has 2 bridgehead atoms. The van der Waals surface area contributed by atoms with Gasteiger partial charge in [-0.05, 0) is 42.2 Å². The van der Waals surface area contributed by atoms with Crippen molar-refractivity contribution in [2.24, 2.45) is 29.1 Å². The summed E-state index contributed by atoms with van der Waals surface area (Å²) in [6, 6.07) is 0. The number of hydrogen-bond donors (Lipinski definition) is 0. The number of carbonyl (C=O) groups excluding carboxylic acids is 1. The third-order valence-electron chi connectivity index (χ3n) is 5.74. The number of epoxide rings is 1. The van der Waals surface area contributed by atoms with E-state index in [0.29, 0.717) is 29.0 Å². The van der Waals surface area contributed by atoms with Crippen LogP contribution in [0.1, 0.15) is 12.8 Å². The molecule has 5 atom stereocenters. The van der Waals surface area contributed by atoms with E-state index in [1.807, 2.05) is 6.08 Å². The zero-order chi connectivity index (χ0) is 10.5. The zero-order valence-electron chi connectivity index (χ0n) is 9.06. The van der Waals surface area contributed by atoms with Crippen LogP contribution in [0.15, 0.2) is 24.3 Å². The van der Waals surface area contributed by atoms with Gasteiger partial charge in [0.1, 0.15) is 5.60 Å². The summed E-state index contributed by atoms with van der Waals surface area (Å²) in [5, 5.41) is 0. The molecular formula is C14H14O2. The van der Waals surface area contributed by atoms with E-state index in [4.69, 9.17) is 4.74 Å². The first-order valence-corrected chi connectivity index (χ1v) is 6.32. The number of rotatable bonds is 0. The molecule has 5 aliphatic rings. The van der Waals surface area contributed by atoms with Gasteiger partial charge in [0.15, 0.2) is 5.78 Å². The minimum absolute atomic E-state index is 0.0433. The number of ether oxygens (including phenoxy) is 1. The predicted molar refractivity (Wildman–Crippen MR) is 57.6 cm³/mol. The summed E-state index contributed by atoms with van der Waals surface area (Å²) in [4.78, 5) is 12.1. The summed E-state index contributed by atoms with van der Waals surface area (Å²) < 4.78 is 5.70. The third-order valence-corrected chi connectivity index (χ3v) is 5.74. The van der Waals surface area contributed by atoms with Crippen LogP contribution in [0.5, 0.6) is 0 Å². The Balaban J connectivity index is 1.73. The molecule has 82 valence electrons. The fraction of sp³-hybridized carbons (Fsp3) is 0.643. The molecule has 0 radical (unpaired) electrons. The van der Waals surface area contributed by atoms with Crippen molar-refractivity contribution in [3.05, 3.63) is 24.3 Å². The molecule has 3 fully saturated rings. The predicted octanol–water partition coefficient (Wildman–Crippen LogP) is 1.72. The molecule has 0 aromatic heterocycles. The lowest BCUT2D eigenvalue weighted by Gasteiger charge is -2.32.